The van der Waals surface area contributed by atoms with Gasteiger partial charge in [-0.3, -0.25) is 0 Å². The topological polar surface area (TPSA) is 0 Å². The molecular weight excluding hydrogens is 324 g/mol. The molecule has 4 rings (SSSR count). The van der Waals surface area contributed by atoms with Crippen LogP contribution < -0.4 is 0 Å². The molecule has 0 unspecified atom stereocenters. The Labute approximate surface area is 163 Å². The highest BCUT2D eigenvalue weighted by Crippen LogP contribution is 2.61. The largest absolute Gasteiger partial charge is 0.0991 e. The highest BCUT2D eigenvalue weighted by atomic mass is 14.5. The summed E-state index contributed by atoms with van der Waals surface area (Å²) >= 11 is 0. The Kier molecular flexibility index (Phi) is 4.36. The molecule has 2 aromatic rings. The maximum absolute atomic E-state index is 3.90. The third kappa shape index (κ3) is 2.29. The van der Waals surface area contributed by atoms with Crippen LogP contribution in [0.5, 0.6) is 0 Å². The number of hydrogen-bond donors (Lipinski definition) is 0. The molecule has 0 saturated carbocycles. The Morgan fingerprint density at radius 1 is 0.815 bits per heavy atom. The van der Waals surface area contributed by atoms with Crippen molar-refractivity contribution in [3.05, 3.63) is 119 Å². The van der Waals surface area contributed by atoms with Crippen molar-refractivity contribution in [2.24, 2.45) is 0 Å². The first-order valence-electron chi connectivity index (χ1n) is 9.76. The second-order valence-electron chi connectivity index (χ2n) is 7.32. The summed E-state index contributed by atoms with van der Waals surface area (Å²) in [5.41, 5.74) is 10.8. The van der Waals surface area contributed by atoms with Gasteiger partial charge < -0.3 is 0 Å². The summed E-state index contributed by atoms with van der Waals surface area (Å²) in [4.78, 5) is 0. The number of benzene rings is 2. The van der Waals surface area contributed by atoms with Gasteiger partial charge >= 0.3 is 0 Å². The average Bonchev–Trinajstić information content (AvgIpc) is 3.11. The van der Waals surface area contributed by atoms with E-state index in [1.807, 2.05) is 6.08 Å². The fraction of sp³-hybridized carbons (Fsp3) is 0.185. The number of hydrogen-bond acceptors (Lipinski definition) is 0. The van der Waals surface area contributed by atoms with Crippen LogP contribution in [0.4, 0.5) is 0 Å². The van der Waals surface area contributed by atoms with Crippen molar-refractivity contribution in [3.8, 4) is 11.1 Å². The van der Waals surface area contributed by atoms with Gasteiger partial charge in [-0.2, -0.15) is 0 Å². The lowest BCUT2D eigenvalue weighted by Gasteiger charge is -2.32. The Balaban J connectivity index is 2.15. The highest BCUT2D eigenvalue weighted by molar-refractivity contribution is 5.89. The molecule has 2 aliphatic rings. The van der Waals surface area contributed by atoms with E-state index in [1.54, 1.807) is 0 Å². The van der Waals surface area contributed by atoms with Gasteiger partial charge in [0.15, 0.2) is 0 Å². The van der Waals surface area contributed by atoms with E-state index in [2.05, 4.69) is 100 Å². The predicted molar refractivity (Wildman–Crippen MR) is 117 cm³/mol. The minimum Gasteiger partial charge on any atom is -0.0991 e. The Hall–Kier alpha value is -2.86. The monoisotopic (exact) mass is 350 g/mol. The molecule has 0 heterocycles. The Morgan fingerprint density at radius 3 is 1.85 bits per heavy atom. The average molecular weight is 351 g/mol. The SMILES string of the molecule is C=C/C=C\C1=C(C)C(C)=C(/C=C\CC)C12c1ccccc1-c1ccccc12. The molecule has 0 nitrogen and oxygen atoms in total. The molecule has 0 amide bonds. The molecule has 0 heteroatoms. The first kappa shape index (κ1) is 17.5. The van der Waals surface area contributed by atoms with E-state index in [-0.39, 0.29) is 5.41 Å². The lowest BCUT2D eigenvalue weighted by Crippen LogP contribution is -2.27. The summed E-state index contributed by atoms with van der Waals surface area (Å²) in [6.45, 7) is 10.6. The van der Waals surface area contributed by atoms with Crippen LogP contribution in [0.2, 0.25) is 0 Å². The van der Waals surface area contributed by atoms with Crippen LogP contribution in [0.1, 0.15) is 38.3 Å². The zero-order valence-electron chi connectivity index (χ0n) is 16.4. The number of rotatable bonds is 4. The van der Waals surface area contributed by atoms with Gasteiger partial charge in [0.2, 0.25) is 0 Å². The van der Waals surface area contributed by atoms with Crippen molar-refractivity contribution in [1.29, 1.82) is 0 Å². The van der Waals surface area contributed by atoms with Crippen molar-refractivity contribution in [3.63, 3.8) is 0 Å². The van der Waals surface area contributed by atoms with Gasteiger partial charge in [-0.15, -0.1) is 0 Å². The van der Waals surface area contributed by atoms with Crippen molar-refractivity contribution >= 4 is 0 Å². The summed E-state index contributed by atoms with van der Waals surface area (Å²) in [6.07, 6.45) is 11.9. The van der Waals surface area contributed by atoms with Gasteiger partial charge in [-0.05, 0) is 64.8 Å². The van der Waals surface area contributed by atoms with E-state index < -0.39 is 0 Å². The minimum absolute atomic E-state index is 0.230. The van der Waals surface area contributed by atoms with Crippen molar-refractivity contribution < 1.29 is 0 Å². The molecule has 1 spiro atoms. The second kappa shape index (κ2) is 6.70. The van der Waals surface area contributed by atoms with E-state index in [4.69, 9.17) is 0 Å². The first-order chi connectivity index (χ1) is 13.2. The molecule has 0 aliphatic heterocycles. The van der Waals surface area contributed by atoms with E-state index in [1.165, 1.54) is 44.5 Å². The molecular formula is C27H26. The maximum Gasteiger partial charge on any atom is 0.0718 e. The van der Waals surface area contributed by atoms with Gasteiger partial charge in [0.25, 0.3) is 0 Å². The number of fused-ring (bicyclic) bond motifs is 5. The Bertz CT molecular complexity index is 992. The third-order valence-corrected chi connectivity index (χ3v) is 6.05. The van der Waals surface area contributed by atoms with Gasteiger partial charge in [-0.25, -0.2) is 0 Å². The van der Waals surface area contributed by atoms with Crippen LogP contribution in [0.3, 0.4) is 0 Å². The lowest BCUT2D eigenvalue weighted by molar-refractivity contribution is 0.776. The summed E-state index contributed by atoms with van der Waals surface area (Å²) in [5.74, 6) is 0. The van der Waals surface area contributed by atoms with Gasteiger partial charge in [-0.1, -0.05) is 92.4 Å². The molecule has 0 saturated heterocycles. The fourth-order valence-corrected chi connectivity index (χ4v) is 4.83. The second-order valence-corrected chi connectivity index (χ2v) is 7.32. The third-order valence-electron chi connectivity index (χ3n) is 6.05. The minimum atomic E-state index is -0.230. The maximum atomic E-state index is 3.90. The van der Waals surface area contributed by atoms with Crippen LogP contribution >= 0.6 is 0 Å². The molecule has 0 aromatic heterocycles. The number of allylic oxidation sites excluding steroid dienone is 9. The van der Waals surface area contributed by atoms with Crippen LogP contribution in [0.15, 0.2) is 108 Å². The quantitative estimate of drug-likeness (QED) is 0.507. The molecule has 0 atom stereocenters. The molecule has 134 valence electrons. The van der Waals surface area contributed by atoms with E-state index in [9.17, 15) is 0 Å². The zero-order valence-corrected chi connectivity index (χ0v) is 16.4. The summed E-state index contributed by atoms with van der Waals surface area (Å²) in [6, 6.07) is 17.8. The smallest absolute Gasteiger partial charge is 0.0718 e. The van der Waals surface area contributed by atoms with Crippen LogP contribution in [-0.4, -0.2) is 0 Å². The van der Waals surface area contributed by atoms with E-state index in [0.717, 1.165) is 6.42 Å². The van der Waals surface area contributed by atoms with Gasteiger partial charge in [0.1, 0.15) is 0 Å². The van der Waals surface area contributed by atoms with Gasteiger partial charge in [0.05, 0.1) is 5.41 Å². The van der Waals surface area contributed by atoms with Crippen LogP contribution in [-0.2, 0) is 5.41 Å². The van der Waals surface area contributed by atoms with Crippen LogP contribution in [0.25, 0.3) is 11.1 Å². The standard InChI is InChI=1S/C27H26/c1-5-7-15-23-19(3)20(4)24(16-8-6-2)27(23)25-17-11-9-13-21(25)22-14-10-12-18-26(22)27/h5,7-18H,1,6H2,2-4H3/b15-7-,16-8-. The van der Waals surface area contributed by atoms with Crippen molar-refractivity contribution in [1.82, 2.24) is 0 Å². The predicted octanol–water partition coefficient (Wildman–Crippen LogP) is 7.31. The molecule has 27 heavy (non-hydrogen) atoms. The molecule has 0 fully saturated rings. The summed E-state index contributed by atoms with van der Waals surface area (Å²) < 4.78 is 0. The van der Waals surface area contributed by atoms with E-state index >= 15 is 0 Å². The molecule has 2 aliphatic carbocycles. The molecule has 0 N–H and O–H groups in total. The lowest BCUT2D eigenvalue weighted by atomic mass is 9.68. The summed E-state index contributed by atoms with van der Waals surface area (Å²) in [5, 5.41) is 0. The highest BCUT2D eigenvalue weighted by Gasteiger charge is 2.51. The zero-order chi connectivity index (χ0) is 19.0. The molecule has 0 radical (unpaired) electrons. The van der Waals surface area contributed by atoms with Crippen LogP contribution in [0, 0.1) is 0 Å². The van der Waals surface area contributed by atoms with Crippen molar-refractivity contribution in [2.75, 3.05) is 0 Å². The normalized spacial score (nSPS) is 17.4. The fourth-order valence-electron chi connectivity index (χ4n) is 4.83. The Morgan fingerprint density at radius 2 is 1.33 bits per heavy atom. The summed E-state index contributed by atoms with van der Waals surface area (Å²) in [7, 11) is 0. The molecule has 2 aromatic carbocycles. The van der Waals surface area contributed by atoms with Crippen molar-refractivity contribution in [2.45, 2.75) is 32.6 Å². The first-order valence-corrected chi connectivity index (χ1v) is 9.76. The van der Waals surface area contributed by atoms with Gasteiger partial charge in [0, 0.05) is 0 Å². The van der Waals surface area contributed by atoms with E-state index in [0.29, 0.717) is 0 Å². The molecule has 0 bridgehead atoms.